The number of hydrogen-bond acceptors (Lipinski definition) is 5. The van der Waals surface area contributed by atoms with E-state index in [9.17, 15) is 22.8 Å². The minimum Gasteiger partial charge on any atom is -0.497 e. The van der Waals surface area contributed by atoms with Crippen molar-refractivity contribution in [2.24, 2.45) is 0 Å². The number of hydrogen-bond donors (Lipinski definition) is 1. The van der Waals surface area contributed by atoms with E-state index in [0.29, 0.717) is 21.4 Å². The summed E-state index contributed by atoms with van der Waals surface area (Å²) in [5.41, 5.74) is -1.77. The van der Waals surface area contributed by atoms with Gasteiger partial charge >= 0.3 is 6.18 Å². The van der Waals surface area contributed by atoms with Gasteiger partial charge in [0.05, 0.1) is 17.2 Å². The average Bonchev–Trinajstić information content (AvgIpc) is 3.35. The maximum absolute atomic E-state index is 13.6. The third kappa shape index (κ3) is 3.60. The summed E-state index contributed by atoms with van der Waals surface area (Å²) in [6, 6.07) is 11.0. The minimum absolute atomic E-state index is 0.0412. The number of carbonyl (C=O) groups is 1. The first kappa shape index (κ1) is 21.8. The Morgan fingerprint density at radius 3 is 2.47 bits per heavy atom. The maximum Gasteiger partial charge on any atom is 0.433 e. The first-order chi connectivity index (χ1) is 15.1. The topological polar surface area (TPSA) is 77.0 Å². The molecule has 0 aliphatic heterocycles. The average molecular weight is 461 g/mol. The fourth-order valence-corrected chi connectivity index (χ4v) is 4.55. The molecule has 10 heteroatoms. The van der Waals surface area contributed by atoms with Crippen molar-refractivity contribution in [1.29, 1.82) is 0 Å². The minimum atomic E-state index is -4.76. The van der Waals surface area contributed by atoms with Gasteiger partial charge in [0.25, 0.3) is 11.5 Å². The van der Waals surface area contributed by atoms with Crippen LogP contribution in [0.2, 0.25) is 0 Å². The Morgan fingerprint density at radius 1 is 1.19 bits per heavy atom. The predicted octanol–water partition coefficient (Wildman–Crippen LogP) is 5.29. The first-order valence-electron chi connectivity index (χ1n) is 9.63. The van der Waals surface area contributed by atoms with Crippen LogP contribution in [0.1, 0.15) is 41.5 Å². The number of nitrogens with one attached hydrogen (secondary N) is 1. The van der Waals surface area contributed by atoms with Crippen LogP contribution in [0.4, 0.5) is 13.2 Å². The maximum atomic E-state index is 13.6. The molecule has 166 valence electrons. The van der Waals surface area contributed by atoms with Gasteiger partial charge < -0.3 is 4.74 Å². The zero-order valence-corrected chi connectivity index (χ0v) is 18.1. The van der Waals surface area contributed by atoms with Gasteiger partial charge in [-0.1, -0.05) is 44.2 Å². The van der Waals surface area contributed by atoms with Gasteiger partial charge in [-0.15, -0.1) is 0 Å². The van der Waals surface area contributed by atoms with E-state index in [2.05, 4.69) is 5.10 Å². The molecule has 0 bridgehead atoms. The molecule has 0 fully saturated rings. The van der Waals surface area contributed by atoms with Gasteiger partial charge in [0.15, 0.2) is 5.69 Å². The van der Waals surface area contributed by atoms with Crippen molar-refractivity contribution >= 4 is 27.5 Å². The number of rotatable bonds is 4. The van der Waals surface area contributed by atoms with Crippen molar-refractivity contribution in [2.45, 2.75) is 25.9 Å². The van der Waals surface area contributed by atoms with Crippen LogP contribution in [0.15, 0.2) is 47.3 Å². The smallest absolute Gasteiger partial charge is 0.433 e. The van der Waals surface area contributed by atoms with E-state index in [1.165, 1.54) is 19.2 Å². The van der Waals surface area contributed by atoms with Crippen LogP contribution in [-0.2, 0) is 6.18 Å². The van der Waals surface area contributed by atoms with Crippen LogP contribution in [0.3, 0.4) is 0 Å². The van der Waals surface area contributed by atoms with Crippen molar-refractivity contribution in [3.05, 3.63) is 69.8 Å². The summed E-state index contributed by atoms with van der Waals surface area (Å²) in [6.45, 7) is 3.79. The van der Waals surface area contributed by atoms with E-state index >= 15 is 0 Å². The van der Waals surface area contributed by atoms with Crippen LogP contribution in [0, 0.1) is 0 Å². The summed E-state index contributed by atoms with van der Waals surface area (Å²) in [4.78, 5) is 26.5. The SMILES string of the molecule is COc1cc(C(C)C)c2c(=O)n(C(=O)c3n[nH]c(C(F)(F)F)c3-c3ccccc3)sc2c1. The van der Waals surface area contributed by atoms with Crippen molar-refractivity contribution in [2.75, 3.05) is 7.11 Å². The predicted molar refractivity (Wildman–Crippen MR) is 115 cm³/mol. The summed E-state index contributed by atoms with van der Waals surface area (Å²) in [7, 11) is 1.49. The molecule has 0 spiro atoms. The molecule has 1 N–H and O–H groups in total. The van der Waals surface area contributed by atoms with Crippen molar-refractivity contribution in [3.63, 3.8) is 0 Å². The molecule has 4 aromatic rings. The highest BCUT2D eigenvalue weighted by atomic mass is 32.1. The highest BCUT2D eigenvalue weighted by molar-refractivity contribution is 7.15. The normalized spacial score (nSPS) is 12.0. The Bertz CT molecular complexity index is 1370. The molecule has 2 aromatic heterocycles. The van der Waals surface area contributed by atoms with Gasteiger partial charge in [0.2, 0.25) is 0 Å². The van der Waals surface area contributed by atoms with E-state index in [-0.39, 0.29) is 11.5 Å². The van der Waals surface area contributed by atoms with Gasteiger partial charge in [0.1, 0.15) is 11.4 Å². The molecule has 2 aromatic carbocycles. The third-order valence-corrected chi connectivity index (χ3v) is 6.08. The molecular weight excluding hydrogens is 443 g/mol. The van der Waals surface area contributed by atoms with E-state index < -0.39 is 34.6 Å². The number of aromatic amines is 1. The van der Waals surface area contributed by atoms with Gasteiger partial charge in [-0.25, -0.2) is 0 Å². The van der Waals surface area contributed by atoms with E-state index in [4.69, 9.17) is 4.74 Å². The van der Waals surface area contributed by atoms with Crippen LogP contribution in [0.25, 0.3) is 21.2 Å². The number of aromatic nitrogens is 3. The summed E-state index contributed by atoms with van der Waals surface area (Å²) < 4.78 is 47.5. The monoisotopic (exact) mass is 461 g/mol. The number of methoxy groups -OCH3 is 1. The molecule has 0 aliphatic rings. The Morgan fingerprint density at radius 2 is 1.88 bits per heavy atom. The van der Waals surface area contributed by atoms with E-state index in [1.807, 2.05) is 18.9 Å². The Labute approximate surface area is 184 Å². The Balaban J connectivity index is 1.95. The number of ether oxygens (including phenoxy) is 1. The zero-order chi connectivity index (χ0) is 23.2. The van der Waals surface area contributed by atoms with Crippen molar-refractivity contribution in [3.8, 4) is 16.9 Å². The number of benzene rings is 2. The quantitative estimate of drug-likeness (QED) is 0.448. The van der Waals surface area contributed by atoms with Gasteiger partial charge in [-0.2, -0.15) is 22.2 Å². The highest BCUT2D eigenvalue weighted by Crippen LogP contribution is 2.38. The second kappa shape index (κ2) is 7.94. The molecule has 2 heterocycles. The molecule has 0 atom stereocenters. The molecule has 0 aliphatic carbocycles. The summed E-state index contributed by atoms with van der Waals surface area (Å²) in [6.07, 6.45) is -4.76. The van der Waals surface area contributed by atoms with Crippen molar-refractivity contribution < 1.29 is 22.7 Å². The number of H-pyrrole nitrogens is 1. The zero-order valence-electron chi connectivity index (χ0n) is 17.3. The largest absolute Gasteiger partial charge is 0.497 e. The fourth-order valence-electron chi connectivity index (χ4n) is 3.54. The second-order valence-electron chi connectivity index (χ2n) is 7.43. The fraction of sp³-hybridized carbons (Fsp3) is 0.227. The van der Waals surface area contributed by atoms with Crippen molar-refractivity contribution in [1.82, 2.24) is 14.2 Å². The number of nitrogens with zero attached hydrogens (tertiary/aromatic N) is 2. The molecule has 0 unspecified atom stereocenters. The standard InChI is InChI=1S/C22H18F3N3O3S/c1-11(2)14-9-13(31-3)10-15-17(14)20(29)28(32-15)21(30)18-16(12-7-5-4-6-8-12)19(27-26-18)22(23,24)25/h4-11H,1-3H3,(H,26,27). The van der Waals surface area contributed by atoms with Crippen LogP contribution in [-0.4, -0.2) is 27.2 Å². The number of alkyl halides is 3. The molecule has 4 rings (SSSR count). The second-order valence-corrected chi connectivity index (χ2v) is 8.41. The lowest BCUT2D eigenvalue weighted by Gasteiger charge is -2.08. The molecule has 0 saturated heterocycles. The molecule has 0 radical (unpaired) electrons. The summed E-state index contributed by atoms with van der Waals surface area (Å²) in [5, 5.41) is 5.94. The molecule has 0 amide bonds. The van der Waals surface area contributed by atoms with E-state index in [1.54, 1.807) is 30.3 Å². The molecular formula is C22H18F3N3O3S. The van der Waals surface area contributed by atoms with Crippen LogP contribution < -0.4 is 10.3 Å². The van der Waals surface area contributed by atoms with Gasteiger partial charge in [-0.05, 0) is 40.7 Å². The molecule has 0 saturated carbocycles. The number of carbonyl (C=O) groups excluding carboxylic acids is 1. The lowest BCUT2D eigenvalue weighted by Crippen LogP contribution is -2.23. The van der Waals surface area contributed by atoms with Crippen LogP contribution in [0.5, 0.6) is 5.75 Å². The molecule has 32 heavy (non-hydrogen) atoms. The summed E-state index contributed by atoms with van der Waals surface area (Å²) in [5.74, 6) is -0.456. The van der Waals surface area contributed by atoms with Gasteiger partial charge in [-0.3, -0.25) is 14.7 Å². The van der Waals surface area contributed by atoms with E-state index in [0.717, 1.165) is 15.5 Å². The summed E-state index contributed by atoms with van der Waals surface area (Å²) >= 11 is 0.848. The lowest BCUT2D eigenvalue weighted by atomic mass is 9.99. The van der Waals surface area contributed by atoms with Gasteiger partial charge in [0, 0.05) is 5.56 Å². The Hall–Kier alpha value is -3.40. The highest BCUT2D eigenvalue weighted by Gasteiger charge is 2.39. The lowest BCUT2D eigenvalue weighted by molar-refractivity contribution is -0.140. The Kier molecular flexibility index (Phi) is 5.41. The van der Waals surface area contributed by atoms with Crippen LogP contribution >= 0.6 is 11.5 Å². The first-order valence-corrected chi connectivity index (χ1v) is 10.4. The third-order valence-electron chi connectivity index (χ3n) is 5.05. The number of halogens is 3. The molecule has 6 nitrogen and oxygen atoms in total. The number of fused-ring (bicyclic) bond motifs is 1.